The number of hydrogen-bond acceptors (Lipinski definition) is 6. The van der Waals surface area contributed by atoms with Crippen LogP contribution in [-0.2, 0) is 14.4 Å². The lowest BCUT2D eigenvalue weighted by atomic mass is 9.91. The van der Waals surface area contributed by atoms with Crippen LogP contribution in [0, 0.1) is 18.8 Å². The van der Waals surface area contributed by atoms with Crippen LogP contribution in [0.25, 0.3) is 0 Å². The molecule has 176 valence electrons. The smallest absolute Gasteiger partial charge is 0.288 e. The molecule has 2 heterocycles. The average Bonchev–Trinajstić information content (AvgIpc) is 3.54. The number of likely N-dealkylation sites (tertiary alicyclic amines) is 1. The van der Waals surface area contributed by atoms with Crippen LogP contribution in [0.1, 0.15) is 61.1 Å². The van der Waals surface area contributed by atoms with E-state index in [1.54, 1.807) is 17.9 Å². The number of amides is 4. The van der Waals surface area contributed by atoms with Crippen LogP contribution in [0.4, 0.5) is 0 Å². The molecule has 0 unspecified atom stereocenters. The molecule has 1 saturated heterocycles. The largest absolute Gasteiger partial charge is 0.459 e. The molecule has 1 aliphatic carbocycles. The Morgan fingerprint density at radius 3 is 2.66 bits per heavy atom. The first-order chi connectivity index (χ1) is 15.4. The van der Waals surface area contributed by atoms with Gasteiger partial charge in [0.05, 0.1) is 25.4 Å². The number of furan rings is 1. The van der Waals surface area contributed by atoms with Gasteiger partial charge < -0.3 is 20.0 Å². The van der Waals surface area contributed by atoms with Gasteiger partial charge in [-0.3, -0.25) is 24.4 Å². The Hall–Kier alpha value is -2.88. The molecule has 0 bridgehead atoms. The molecule has 4 amide bonds. The molecule has 3 rings (SSSR count). The van der Waals surface area contributed by atoms with E-state index in [1.807, 2.05) is 0 Å². The Labute approximate surface area is 187 Å². The van der Waals surface area contributed by atoms with Gasteiger partial charge in [0.15, 0.2) is 5.76 Å². The van der Waals surface area contributed by atoms with E-state index in [9.17, 15) is 24.4 Å². The van der Waals surface area contributed by atoms with E-state index < -0.39 is 17.9 Å². The Balaban J connectivity index is 1.57. The molecule has 0 spiro atoms. The lowest BCUT2D eigenvalue weighted by Gasteiger charge is -2.30. The zero-order chi connectivity index (χ0) is 23.1. The third-order valence-corrected chi connectivity index (χ3v) is 6.39. The summed E-state index contributed by atoms with van der Waals surface area (Å²) in [7, 11) is 0. The van der Waals surface area contributed by atoms with E-state index in [0.717, 1.165) is 25.7 Å². The fraction of sp³-hybridized carbons (Fsp3) is 0.636. The van der Waals surface area contributed by atoms with Crippen molar-refractivity contribution in [1.29, 1.82) is 0 Å². The van der Waals surface area contributed by atoms with Crippen molar-refractivity contribution >= 4 is 24.1 Å². The highest BCUT2D eigenvalue weighted by Crippen LogP contribution is 2.32. The van der Waals surface area contributed by atoms with E-state index in [0.29, 0.717) is 48.8 Å². The molecule has 10 nitrogen and oxygen atoms in total. The highest BCUT2D eigenvalue weighted by molar-refractivity contribution is 5.93. The van der Waals surface area contributed by atoms with Gasteiger partial charge in [-0.25, -0.2) is 5.06 Å². The van der Waals surface area contributed by atoms with Crippen molar-refractivity contribution in [3.8, 4) is 0 Å². The van der Waals surface area contributed by atoms with Crippen molar-refractivity contribution in [3.05, 3.63) is 23.7 Å². The van der Waals surface area contributed by atoms with Gasteiger partial charge in [-0.2, -0.15) is 0 Å². The molecule has 1 aromatic rings. The van der Waals surface area contributed by atoms with Gasteiger partial charge in [0, 0.05) is 12.1 Å². The quantitative estimate of drug-likeness (QED) is 0.215. The molecule has 3 N–H and O–H groups in total. The average molecular weight is 449 g/mol. The number of hydroxylamine groups is 2. The number of aryl methyl sites for hydroxylation is 1. The molecular weight excluding hydrogens is 416 g/mol. The predicted molar refractivity (Wildman–Crippen MR) is 113 cm³/mol. The Morgan fingerprint density at radius 1 is 1.25 bits per heavy atom. The Kier molecular flexibility index (Phi) is 8.26. The van der Waals surface area contributed by atoms with Gasteiger partial charge in [0.1, 0.15) is 6.04 Å². The Bertz CT molecular complexity index is 819. The molecular formula is C22H32N4O6. The maximum Gasteiger partial charge on any atom is 0.288 e. The monoisotopic (exact) mass is 448 g/mol. The van der Waals surface area contributed by atoms with Crippen molar-refractivity contribution in [3.63, 3.8) is 0 Å². The summed E-state index contributed by atoms with van der Waals surface area (Å²) in [5.41, 5.74) is 0.697. The van der Waals surface area contributed by atoms with Gasteiger partial charge in [0.2, 0.25) is 18.2 Å². The van der Waals surface area contributed by atoms with E-state index in [4.69, 9.17) is 4.42 Å². The fourth-order valence-electron chi connectivity index (χ4n) is 4.72. The van der Waals surface area contributed by atoms with Crippen molar-refractivity contribution < 1.29 is 28.8 Å². The van der Waals surface area contributed by atoms with Crippen molar-refractivity contribution in [2.45, 2.75) is 57.9 Å². The lowest BCUT2D eigenvalue weighted by molar-refractivity contribution is -0.158. The zero-order valence-electron chi connectivity index (χ0n) is 18.4. The number of carbonyl (C=O) groups is 4. The fourth-order valence-corrected chi connectivity index (χ4v) is 4.72. The van der Waals surface area contributed by atoms with Crippen LogP contribution >= 0.6 is 0 Å². The molecule has 1 saturated carbocycles. The molecule has 2 atom stereocenters. The third-order valence-electron chi connectivity index (χ3n) is 6.39. The minimum Gasteiger partial charge on any atom is -0.459 e. The zero-order valence-corrected chi connectivity index (χ0v) is 18.4. The molecule has 0 aromatic carbocycles. The minimum absolute atomic E-state index is 0.0811. The molecule has 2 aliphatic rings. The van der Waals surface area contributed by atoms with E-state index >= 15 is 0 Å². The minimum atomic E-state index is -0.640. The number of rotatable bonds is 10. The summed E-state index contributed by atoms with van der Waals surface area (Å²) in [5, 5.41) is 15.5. The summed E-state index contributed by atoms with van der Waals surface area (Å²) in [5.74, 6) is -0.965. The molecule has 0 radical (unpaired) electrons. The van der Waals surface area contributed by atoms with Gasteiger partial charge >= 0.3 is 0 Å². The first-order valence-corrected chi connectivity index (χ1v) is 11.2. The molecule has 2 fully saturated rings. The summed E-state index contributed by atoms with van der Waals surface area (Å²) in [4.78, 5) is 50.6. The standard InChI is InChI=1S/C22H32N4O6/c1-15-8-10-32-19(15)21(29)24-13-23-20(28)18-7-4-9-26(18)22(30)17(12-25(31)14-27)11-16-5-2-3-6-16/h8,10,14,16-18,31H,2-7,9,11-13H2,1H3,(H,23,28)(H,24,29)/t17-,18+/m1/s1. The van der Waals surface area contributed by atoms with E-state index in [1.165, 1.54) is 6.26 Å². The second kappa shape index (κ2) is 11.1. The van der Waals surface area contributed by atoms with Gasteiger partial charge in [-0.05, 0) is 38.2 Å². The van der Waals surface area contributed by atoms with Crippen molar-refractivity contribution in [1.82, 2.24) is 20.6 Å². The first-order valence-electron chi connectivity index (χ1n) is 11.2. The van der Waals surface area contributed by atoms with Crippen molar-refractivity contribution in [2.24, 2.45) is 11.8 Å². The number of hydrogen-bond donors (Lipinski definition) is 3. The summed E-state index contributed by atoms with van der Waals surface area (Å²) in [6.07, 6.45) is 7.85. The lowest BCUT2D eigenvalue weighted by Crippen LogP contribution is -2.51. The summed E-state index contributed by atoms with van der Waals surface area (Å²) >= 11 is 0. The molecule has 1 aromatic heterocycles. The number of nitrogens with one attached hydrogen (secondary N) is 2. The van der Waals surface area contributed by atoms with Crippen LogP contribution in [-0.4, -0.2) is 65.1 Å². The number of carbonyl (C=O) groups excluding carboxylic acids is 4. The van der Waals surface area contributed by atoms with Crippen LogP contribution in [0.5, 0.6) is 0 Å². The predicted octanol–water partition coefficient (Wildman–Crippen LogP) is 1.43. The van der Waals surface area contributed by atoms with E-state index in [-0.39, 0.29) is 30.8 Å². The Morgan fingerprint density at radius 2 is 2.00 bits per heavy atom. The van der Waals surface area contributed by atoms with Gasteiger partial charge in [-0.1, -0.05) is 25.7 Å². The molecule has 32 heavy (non-hydrogen) atoms. The van der Waals surface area contributed by atoms with Crippen LogP contribution in [0.3, 0.4) is 0 Å². The third kappa shape index (κ3) is 5.87. The second-order valence-electron chi connectivity index (χ2n) is 8.66. The SMILES string of the molecule is Cc1ccoc1C(=O)NCNC(=O)[C@@H]1CCCN1C(=O)[C@H](CC1CCCC1)CN(O)C=O. The van der Waals surface area contributed by atoms with E-state index in [2.05, 4.69) is 10.6 Å². The van der Waals surface area contributed by atoms with Crippen LogP contribution in [0.15, 0.2) is 16.7 Å². The highest BCUT2D eigenvalue weighted by Gasteiger charge is 2.38. The summed E-state index contributed by atoms with van der Waals surface area (Å²) in [6, 6.07) is 1.04. The van der Waals surface area contributed by atoms with Crippen molar-refractivity contribution in [2.75, 3.05) is 19.8 Å². The maximum absolute atomic E-state index is 13.3. The summed E-state index contributed by atoms with van der Waals surface area (Å²) < 4.78 is 5.13. The normalized spacial score (nSPS) is 19.6. The van der Waals surface area contributed by atoms with Crippen LogP contribution in [0.2, 0.25) is 0 Å². The van der Waals surface area contributed by atoms with Gasteiger partial charge in [0.25, 0.3) is 5.91 Å². The number of nitrogens with zero attached hydrogens (tertiary/aromatic N) is 2. The second-order valence-corrected chi connectivity index (χ2v) is 8.66. The molecule has 1 aliphatic heterocycles. The van der Waals surface area contributed by atoms with Gasteiger partial charge in [-0.15, -0.1) is 0 Å². The summed E-state index contributed by atoms with van der Waals surface area (Å²) in [6.45, 7) is 2.03. The highest BCUT2D eigenvalue weighted by atomic mass is 16.5. The topological polar surface area (TPSA) is 132 Å². The van der Waals surface area contributed by atoms with Crippen LogP contribution < -0.4 is 10.6 Å². The molecule has 10 heteroatoms. The first kappa shape index (κ1) is 23.8. The maximum atomic E-state index is 13.3.